The standard InChI is InChI=1S/C21H26N6OS/c1-15-11-24-21(29-15)26-20-7-3-5-17(25-20)18-6-4-9-27(18)14-16-12-22-19(23-13-16)8-10-28-2/h3,5,7,11-13,18H,4,6,8-10,14H2,1-2H3,(H,24,25,26)/t18-/m0/s1. The van der Waals surface area contributed by atoms with Crippen LogP contribution in [-0.4, -0.2) is 45.1 Å². The van der Waals surface area contributed by atoms with Crippen molar-refractivity contribution in [3.63, 3.8) is 0 Å². The number of rotatable bonds is 8. The molecule has 0 saturated carbocycles. The molecule has 29 heavy (non-hydrogen) atoms. The number of hydrogen-bond acceptors (Lipinski definition) is 8. The van der Waals surface area contributed by atoms with Gasteiger partial charge in [-0.15, -0.1) is 11.3 Å². The van der Waals surface area contributed by atoms with Crippen molar-refractivity contribution >= 4 is 22.3 Å². The summed E-state index contributed by atoms with van der Waals surface area (Å²) in [6.07, 6.45) is 8.76. The molecule has 0 aliphatic carbocycles. The van der Waals surface area contributed by atoms with Crippen molar-refractivity contribution in [3.8, 4) is 0 Å². The molecule has 0 spiro atoms. The van der Waals surface area contributed by atoms with Gasteiger partial charge in [-0.25, -0.2) is 19.9 Å². The van der Waals surface area contributed by atoms with E-state index < -0.39 is 0 Å². The molecular weight excluding hydrogens is 384 g/mol. The number of ether oxygens (including phenoxy) is 1. The Balaban J connectivity index is 1.43. The monoisotopic (exact) mass is 410 g/mol. The first kappa shape index (κ1) is 19.9. The van der Waals surface area contributed by atoms with Crippen molar-refractivity contribution < 1.29 is 4.74 Å². The Bertz CT molecular complexity index is 929. The maximum atomic E-state index is 5.09. The summed E-state index contributed by atoms with van der Waals surface area (Å²) in [5, 5.41) is 4.20. The number of aromatic nitrogens is 4. The van der Waals surface area contributed by atoms with Crippen LogP contribution in [0.25, 0.3) is 0 Å². The third-order valence-corrected chi connectivity index (χ3v) is 5.83. The average Bonchev–Trinajstić information content (AvgIpc) is 3.36. The molecule has 7 nitrogen and oxygen atoms in total. The Morgan fingerprint density at radius 2 is 2.07 bits per heavy atom. The van der Waals surface area contributed by atoms with E-state index in [2.05, 4.69) is 44.2 Å². The Kier molecular flexibility index (Phi) is 6.43. The summed E-state index contributed by atoms with van der Waals surface area (Å²) < 4.78 is 5.09. The van der Waals surface area contributed by atoms with Gasteiger partial charge in [0.2, 0.25) is 0 Å². The third-order valence-electron chi connectivity index (χ3n) is 5.01. The van der Waals surface area contributed by atoms with E-state index in [4.69, 9.17) is 9.72 Å². The van der Waals surface area contributed by atoms with Crippen molar-refractivity contribution in [1.82, 2.24) is 24.8 Å². The summed E-state index contributed by atoms with van der Waals surface area (Å²) in [5.41, 5.74) is 2.23. The van der Waals surface area contributed by atoms with E-state index in [-0.39, 0.29) is 0 Å². The van der Waals surface area contributed by atoms with Gasteiger partial charge in [0.25, 0.3) is 0 Å². The van der Waals surface area contributed by atoms with Gasteiger partial charge in [-0.1, -0.05) is 6.07 Å². The van der Waals surface area contributed by atoms with E-state index in [9.17, 15) is 0 Å². The molecule has 3 aromatic heterocycles. The number of nitrogens with zero attached hydrogens (tertiary/aromatic N) is 5. The summed E-state index contributed by atoms with van der Waals surface area (Å²) in [6.45, 7) is 4.59. The fourth-order valence-corrected chi connectivity index (χ4v) is 4.27. The molecule has 0 unspecified atom stereocenters. The Morgan fingerprint density at radius 1 is 1.21 bits per heavy atom. The fourth-order valence-electron chi connectivity index (χ4n) is 3.60. The molecule has 0 radical (unpaired) electrons. The van der Waals surface area contributed by atoms with Gasteiger partial charge in [-0.05, 0) is 38.4 Å². The average molecular weight is 411 g/mol. The van der Waals surface area contributed by atoms with Crippen LogP contribution in [0.3, 0.4) is 0 Å². The molecular formula is C21H26N6OS. The SMILES string of the molecule is COCCc1ncc(CN2CCC[C@H]2c2cccc(Nc3ncc(C)s3)n2)cn1. The van der Waals surface area contributed by atoms with E-state index in [1.54, 1.807) is 18.4 Å². The van der Waals surface area contributed by atoms with Crippen molar-refractivity contribution in [2.24, 2.45) is 0 Å². The molecule has 0 bridgehead atoms. The van der Waals surface area contributed by atoms with Gasteiger partial charge < -0.3 is 10.1 Å². The second kappa shape index (κ2) is 9.39. The van der Waals surface area contributed by atoms with E-state index in [0.717, 1.165) is 54.0 Å². The predicted octanol–water partition coefficient (Wildman–Crippen LogP) is 3.91. The number of aryl methyl sites for hydroxylation is 1. The van der Waals surface area contributed by atoms with Crippen molar-refractivity contribution in [3.05, 3.63) is 58.7 Å². The number of thiazole rings is 1. The summed E-state index contributed by atoms with van der Waals surface area (Å²) in [5.74, 6) is 1.67. The number of nitrogens with one attached hydrogen (secondary N) is 1. The maximum absolute atomic E-state index is 5.09. The number of hydrogen-bond donors (Lipinski definition) is 1. The molecule has 1 atom stereocenters. The second-order valence-electron chi connectivity index (χ2n) is 7.23. The molecule has 1 aliphatic rings. The lowest BCUT2D eigenvalue weighted by molar-refractivity contribution is 0.200. The number of pyridine rings is 1. The molecule has 1 aliphatic heterocycles. The number of methoxy groups -OCH3 is 1. The highest BCUT2D eigenvalue weighted by Gasteiger charge is 2.27. The molecule has 0 aromatic carbocycles. The third kappa shape index (κ3) is 5.14. The van der Waals surface area contributed by atoms with Crippen molar-refractivity contribution in [2.45, 2.75) is 38.8 Å². The molecule has 1 fully saturated rings. The van der Waals surface area contributed by atoms with Crippen molar-refractivity contribution in [1.29, 1.82) is 0 Å². The summed E-state index contributed by atoms with van der Waals surface area (Å²) >= 11 is 1.63. The van der Waals surface area contributed by atoms with Crippen LogP contribution >= 0.6 is 11.3 Å². The summed E-state index contributed by atoms with van der Waals surface area (Å²) in [6, 6.07) is 6.48. The number of anilines is 2. The van der Waals surface area contributed by atoms with Gasteiger partial charge in [0.1, 0.15) is 11.6 Å². The van der Waals surface area contributed by atoms with E-state index in [0.29, 0.717) is 12.6 Å². The van der Waals surface area contributed by atoms with Crippen molar-refractivity contribution in [2.75, 3.05) is 25.6 Å². The maximum Gasteiger partial charge on any atom is 0.188 e. The Morgan fingerprint density at radius 3 is 2.83 bits per heavy atom. The van der Waals surface area contributed by atoms with Crippen LogP contribution in [0, 0.1) is 6.92 Å². The first-order chi connectivity index (χ1) is 14.2. The minimum atomic E-state index is 0.308. The van der Waals surface area contributed by atoms with Gasteiger partial charge in [0.05, 0.1) is 18.3 Å². The van der Waals surface area contributed by atoms with Gasteiger partial charge in [-0.2, -0.15) is 0 Å². The van der Waals surface area contributed by atoms with Crippen LogP contribution in [0.4, 0.5) is 10.9 Å². The lowest BCUT2D eigenvalue weighted by Gasteiger charge is -2.24. The highest BCUT2D eigenvalue weighted by molar-refractivity contribution is 7.15. The van der Waals surface area contributed by atoms with Crippen LogP contribution in [0.15, 0.2) is 36.8 Å². The topological polar surface area (TPSA) is 76.1 Å². The number of likely N-dealkylation sites (tertiary alicyclic amines) is 1. The normalized spacial score (nSPS) is 17.0. The smallest absolute Gasteiger partial charge is 0.188 e. The van der Waals surface area contributed by atoms with Crippen LogP contribution in [0.1, 0.15) is 40.8 Å². The molecule has 1 N–H and O–H groups in total. The van der Waals surface area contributed by atoms with E-state index >= 15 is 0 Å². The zero-order valence-corrected chi connectivity index (χ0v) is 17.7. The highest BCUT2D eigenvalue weighted by Crippen LogP contribution is 2.33. The van der Waals surface area contributed by atoms with Gasteiger partial charge in [-0.3, -0.25) is 4.90 Å². The summed E-state index contributed by atoms with van der Waals surface area (Å²) in [7, 11) is 1.69. The molecule has 4 heterocycles. The lowest BCUT2D eigenvalue weighted by atomic mass is 10.1. The molecule has 8 heteroatoms. The second-order valence-corrected chi connectivity index (χ2v) is 8.46. The Labute approximate surface area is 175 Å². The quantitative estimate of drug-likeness (QED) is 0.603. The largest absolute Gasteiger partial charge is 0.384 e. The first-order valence-electron chi connectivity index (χ1n) is 9.90. The van der Waals surface area contributed by atoms with Crippen LogP contribution in [0.5, 0.6) is 0 Å². The van der Waals surface area contributed by atoms with E-state index in [1.165, 1.54) is 11.3 Å². The molecule has 0 amide bonds. The fraction of sp³-hybridized carbons (Fsp3) is 0.429. The van der Waals surface area contributed by atoms with Gasteiger partial charge in [0.15, 0.2) is 5.13 Å². The van der Waals surface area contributed by atoms with E-state index in [1.807, 2.05) is 24.7 Å². The molecule has 4 rings (SSSR count). The van der Waals surface area contributed by atoms with Gasteiger partial charge in [0, 0.05) is 49.1 Å². The Hall–Kier alpha value is -2.42. The predicted molar refractivity (Wildman–Crippen MR) is 114 cm³/mol. The zero-order chi connectivity index (χ0) is 20.1. The lowest BCUT2D eigenvalue weighted by Crippen LogP contribution is -2.24. The minimum Gasteiger partial charge on any atom is -0.384 e. The van der Waals surface area contributed by atoms with Crippen LogP contribution < -0.4 is 5.32 Å². The highest BCUT2D eigenvalue weighted by atomic mass is 32.1. The van der Waals surface area contributed by atoms with Crippen LogP contribution in [0.2, 0.25) is 0 Å². The molecule has 3 aromatic rings. The molecule has 152 valence electrons. The minimum absolute atomic E-state index is 0.308. The van der Waals surface area contributed by atoms with Crippen LogP contribution in [-0.2, 0) is 17.7 Å². The summed E-state index contributed by atoms with van der Waals surface area (Å²) in [4.78, 5) is 21.8. The first-order valence-corrected chi connectivity index (χ1v) is 10.7. The zero-order valence-electron chi connectivity index (χ0n) is 16.8. The van der Waals surface area contributed by atoms with Gasteiger partial charge >= 0.3 is 0 Å². The molecule has 1 saturated heterocycles.